The average Bonchev–Trinajstić information content (AvgIpc) is 2.71. The van der Waals surface area contributed by atoms with E-state index in [2.05, 4.69) is 108 Å². The SMILES string of the molecule is Cc1ccc([O][Ti](=[CH]c2c(C)ccnc2C)[O]c2ccc(C)cc2C(C)(C)C)c(C(C)(C)C)c1.Cl.Cl. The van der Waals surface area contributed by atoms with Crippen LogP contribution in [0.15, 0.2) is 48.7 Å². The smallest absolute Gasteiger partial charge is 0.147 e. The minimum absolute atomic E-state index is 0. The Morgan fingerprint density at radius 2 is 1.14 bits per heavy atom. The number of halogens is 2. The van der Waals surface area contributed by atoms with E-state index in [-0.39, 0.29) is 35.6 Å². The van der Waals surface area contributed by atoms with Gasteiger partial charge < -0.3 is 0 Å². The average molecular weight is 566 g/mol. The van der Waals surface area contributed by atoms with Gasteiger partial charge in [0, 0.05) is 0 Å². The van der Waals surface area contributed by atoms with Crippen LogP contribution in [0.25, 0.3) is 0 Å². The molecule has 0 N–H and O–H groups in total. The first-order chi connectivity index (χ1) is 15.8. The van der Waals surface area contributed by atoms with Gasteiger partial charge in [-0.15, -0.1) is 24.8 Å². The van der Waals surface area contributed by atoms with Crippen molar-refractivity contribution in [2.24, 2.45) is 0 Å². The zero-order chi connectivity index (χ0) is 25.3. The molecule has 0 fully saturated rings. The first-order valence-corrected chi connectivity index (χ1v) is 14.2. The molecule has 2 aromatic carbocycles. The zero-order valence-corrected chi connectivity index (χ0v) is 26.5. The molecular weight excluding hydrogens is 525 g/mol. The molecule has 0 aliphatic heterocycles. The number of hydrogen-bond donors (Lipinski definition) is 0. The number of pyridine rings is 1. The predicted octanol–water partition coefficient (Wildman–Crippen LogP) is 8.51. The molecule has 0 unspecified atom stereocenters. The van der Waals surface area contributed by atoms with Crippen molar-refractivity contribution in [2.75, 3.05) is 0 Å². The maximum atomic E-state index is 6.80. The molecule has 3 rings (SSSR count). The van der Waals surface area contributed by atoms with Crippen LogP contribution in [0.3, 0.4) is 0 Å². The van der Waals surface area contributed by atoms with Crippen molar-refractivity contribution in [3.63, 3.8) is 0 Å². The van der Waals surface area contributed by atoms with E-state index < -0.39 is 18.2 Å². The fourth-order valence-corrected chi connectivity index (χ4v) is 6.51. The predicted molar refractivity (Wildman–Crippen MR) is 154 cm³/mol. The van der Waals surface area contributed by atoms with E-state index >= 15 is 0 Å². The fourth-order valence-electron chi connectivity index (χ4n) is 3.98. The molecule has 3 aromatic rings. The van der Waals surface area contributed by atoms with E-state index in [4.69, 9.17) is 6.64 Å². The third-order valence-electron chi connectivity index (χ3n) is 5.98. The second-order valence-electron chi connectivity index (χ2n) is 11.3. The summed E-state index contributed by atoms with van der Waals surface area (Å²) in [5.41, 5.74) is 8.10. The summed E-state index contributed by atoms with van der Waals surface area (Å²) in [5, 5.41) is 0. The van der Waals surface area contributed by atoms with Crippen LogP contribution in [0.1, 0.15) is 80.6 Å². The third-order valence-corrected chi connectivity index (χ3v) is 8.11. The van der Waals surface area contributed by atoms with Crippen LogP contribution in [0.4, 0.5) is 0 Å². The van der Waals surface area contributed by atoms with Gasteiger partial charge in [0.15, 0.2) is 0 Å². The van der Waals surface area contributed by atoms with E-state index in [0.717, 1.165) is 22.8 Å². The van der Waals surface area contributed by atoms with Gasteiger partial charge in [0.05, 0.1) is 0 Å². The van der Waals surface area contributed by atoms with E-state index in [9.17, 15) is 0 Å². The van der Waals surface area contributed by atoms with Gasteiger partial charge in [-0.05, 0) is 0 Å². The summed E-state index contributed by atoms with van der Waals surface area (Å²) >= 11 is -2.72. The molecule has 3 nitrogen and oxygen atoms in total. The van der Waals surface area contributed by atoms with Crippen LogP contribution in [-0.4, -0.2) is 9.30 Å². The van der Waals surface area contributed by atoms with Crippen LogP contribution in [0.5, 0.6) is 11.5 Å². The summed E-state index contributed by atoms with van der Waals surface area (Å²) in [6, 6.07) is 15.0. The summed E-state index contributed by atoms with van der Waals surface area (Å²) in [6.45, 7) is 21.8. The number of benzene rings is 2. The van der Waals surface area contributed by atoms with Crippen molar-refractivity contribution in [1.29, 1.82) is 0 Å². The summed E-state index contributed by atoms with van der Waals surface area (Å²) < 4.78 is 15.8. The number of aryl methyl sites for hydroxylation is 4. The van der Waals surface area contributed by atoms with Crippen molar-refractivity contribution in [2.45, 2.75) is 80.1 Å². The standard InChI is InChI=1S/2C11H16O.C8H9N.2ClH.Ti/c2*1-8-5-6-10(12)9(7-8)11(2,3)4;1-6-4-5-9-8(3)7(6)2;;;/h2*5-7,12H,1-4H3;2,4-5H,1,3H3;2*1H;/q;;;;;+2/p-2. The summed E-state index contributed by atoms with van der Waals surface area (Å²) in [7, 11) is 0. The quantitative estimate of drug-likeness (QED) is 0.290. The molecule has 0 saturated heterocycles. The number of nitrogens with zero attached hydrogens (tertiary/aromatic N) is 1. The maximum absolute atomic E-state index is 6.80. The second-order valence-corrected chi connectivity index (χ2v) is 13.4. The first-order valence-electron chi connectivity index (χ1n) is 12.0. The van der Waals surface area contributed by atoms with E-state index in [0.29, 0.717) is 0 Å². The molecular formula is C30H41Cl2NO2Ti. The van der Waals surface area contributed by atoms with Gasteiger partial charge in [-0.1, -0.05) is 0 Å². The van der Waals surface area contributed by atoms with Crippen LogP contribution < -0.4 is 6.64 Å². The number of hydrogen-bond acceptors (Lipinski definition) is 3. The van der Waals surface area contributed by atoms with Gasteiger partial charge >= 0.3 is 213 Å². The van der Waals surface area contributed by atoms with Gasteiger partial charge in [0.2, 0.25) is 0 Å². The molecule has 1 heterocycles. The molecule has 0 saturated carbocycles. The first kappa shape index (κ1) is 32.4. The fraction of sp³-hybridized carbons (Fsp3) is 0.400. The number of rotatable bonds is 5. The molecule has 0 amide bonds. The van der Waals surface area contributed by atoms with Crippen LogP contribution in [-0.2, 0) is 29.0 Å². The van der Waals surface area contributed by atoms with Crippen molar-refractivity contribution in [1.82, 2.24) is 4.98 Å². The molecule has 0 spiro atoms. The Morgan fingerprint density at radius 1 is 0.694 bits per heavy atom. The summed E-state index contributed by atoms with van der Waals surface area (Å²) in [6.07, 6.45) is 1.86. The Balaban J connectivity index is 0.00000324. The molecule has 196 valence electrons. The van der Waals surface area contributed by atoms with Gasteiger partial charge in [0.25, 0.3) is 0 Å². The third kappa shape index (κ3) is 8.18. The van der Waals surface area contributed by atoms with Crippen LogP contribution >= 0.6 is 24.8 Å². The second kappa shape index (κ2) is 12.7. The van der Waals surface area contributed by atoms with Gasteiger partial charge in [0.1, 0.15) is 0 Å². The summed E-state index contributed by atoms with van der Waals surface area (Å²) in [5.74, 6) is 1.82. The minimum Gasteiger partial charge on any atom is -0.147 e. The van der Waals surface area contributed by atoms with Crippen molar-refractivity contribution < 1.29 is 24.8 Å². The molecule has 6 heteroatoms. The molecule has 0 aliphatic carbocycles. The van der Waals surface area contributed by atoms with Crippen molar-refractivity contribution in [3.05, 3.63) is 87.7 Å². The monoisotopic (exact) mass is 565 g/mol. The van der Waals surface area contributed by atoms with E-state index in [1.807, 2.05) is 19.2 Å². The van der Waals surface area contributed by atoms with Crippen molar-refractivity contribution >= 4 is 29.1 Å². The zero-order valence-electron chi connectivity index (χ0n) is 23.3. The molecule has 0 atom stereocenters. The topological polar surface area (TPSA) is 31.4 Å². The Bertz CT molecular complexity index is 1140. The van der Waals surface area contributed by atoms with Gasteiger partial charge in [-0.3, -0.25) is 0 Å². The largest absolute Gasteiger partial charge is 0.147 e. The normalized spacial score (nSPS) is 11.2. The van der Waals surface area contributed by atoms with Gasteiger partial charge in [-0.2, -0.15) is 0 Å². The minimum atomic E-state index is -2.72. The van der Waals surface area contributed by atoms with Crippen LogP contribution in [0.2, 0.25) is 0 Å². The van der Waals surface area contributed by atoms with E-state index in [1.165, 1.54) is 27.8 Å². The van der Waals surface area contributed by atoms with Crippen LogP contribution in [0, 0.1) is 27.7 Å². The summed E-state index contributed by atoms with van der Waals surface area (Å²) in [4.78, 5) is 4.53. The molecule has 0 aliphatic rings. The molecule has 0 radical (unpaired) electrons. The molecule has 0 bridgehead atoms. The Kier molecular flexibility index (Phi) is 11.5. The maximum Gasteiger partial charge on any atom is -0.147 e. The Labute approximate surface area is 237 Å². The Morgan fingerprint density at radius 3 is 1.53 bits per heavy atom. The Hall–Kier alpha value is -1.65. The molecule has 36 heavy (non-hydrogen) atoms. The molecule has 1 aromatic heterocycles. The number of aromatic nitrogens is 1. The van der Waals surface area contributed by atoms with Gasteiger partial charge in [-0.25, -0.2) is 0 Å². The van der Waals surface area contributed by atoms with Crippen molar-refractivity contribution in [3.8, 4) is 11.5 Å². The van der Waals surface area contributed by atoms with E-state index in [1.54, 1.807) is 0 Å².